The molecule has 1 aliphatic heterocycles. The Morgan fingerprint density at radius 1 is 1.50 bits per heavy atom. The van der Waals surface area contributed by atoms with Crippen LogP contribution in [0.1, 0.15) is 11.9 Å². The Bertz CT molecular complexity index is 360. The predicted molar refractivity (Wildman–Crippen MR) is 51.7 cm³/mol. The summed E-state index contributed by atoms with van der Waals surface area (Å²) in [5.74, 6) is 0.804. The number of allylic oxidation sites excluding steroid dienone is 1. The molecule has 3 nitrogen and oxygen atoms in total. The summed E-state index contributed by atoms with van der Waals surface area (Å²) in [6, 6.07) is 0. The van der Waals surface area contributed by atoms with E-state index in [1.807, 2.05) is 18.4 Å². The molecule has 60 valence electrons. The molecule has 0 N–H and O–H groups in total. The lowest BCUT2D eigenvalue weighted by atomic mass is 10.4. The zero-order valence-electron chi connectivity index (χ0n) is 6.56. The van der Waals surface area contributed by atoms with E-state index in [0.29, 0.717) is 0 Å². The van der Waals surface area contributed by atoms with Crippen LogP contribution in [0.15, 0.2) is 27.3 Å². The topological polar surface area (TPSA) is 37.6 Å². The van der Waals surface area contributed by atoms with Crippen molar-refractivity contribution in [3.63, 3.8) is 0 Å². The summed E-state index contributed by atoms with van der Waals surface area (Å²) in [4.78, 5) is 12.3. The van der Waals surface area contributed by atoms with E-state index in [4.69, 9.17) is 0 Å². The number of aromatic nitrogens is 1. The van der Waals surface area contributed by atoms with Crippen molar-refractivity contribution in [2.24, 2.45) is 9.98 Å². The minimum Gasteiger partial charge on any atom is -0.245 e. The highest BCUT2D eigenvalue weighted by Crippen LogP contribution is 2.12. The summed E-state index contributed by atoms with van der Waals surface area (Å²) < 4.78 is 0. The molecule has 0 aromatic carbocycles. The number of hydrogen-bond donors (Lipinski definition) is 0. The number of aliphatic imine (C=N–C) groups is 2. The second-order valence-electron chi connectivity index (χ2n) is 2.36. The predicted octanol–water partition coefficient (Wildman–Crippen LogP) is 1.99. The fraction of sp³-hybridized carbons (Fsp3) is 0.125. The van der Waals surface area contributed by atoms with E-state index in [1.54, 1.807) is 23.7 Å². The molecule has 1 aliphatic rings. The van der Waals surface area contributed by atoms with Crippen molar-refractivity contribution in [1.82, 2.24) is 4.98 Å². The molecule has 0 saturated carbocycles. The third-order valence-electron chi connectivity index (χ3n) is 1.40. The van der Waals surface area contributed by atoms with E-state index in [0.717, 1.165) is 16.5 Å². The van der Waals surface area contributed by atoms with Gasteiger partial charge in [0.05, 0.1) is 11.9 Å². The molecule has 1 aromatic heterocycles. The Kier molecular flexibility index (Phi) is 1.83. The lowest BCUT2D eigenvalue weighted by Gasteiger charge is -1.84. The Hall–Kier alpha value is -1.29. The van der Waals surface area contributed by atoms with Crippen molar-refractivity contribution in [3.8, 4) is 0 Å². The van der Waals surface area contributed by atoms with Gasteiger partial charge in [0.15, 0.2) is 0 Å². The standard InChI is InChI=1S/C8H7N3S/c1-6-10-5-7(11-6)4-8-9-2-3-12-8/h2-5H,1H3. The number of hydrogen-bond acceptors (Lipinski definition) is 4. The SMILES string of the molecule is CC1=NC(=Cc2nccs2)C=N1. The van der Waals surface area contributed by atoms with Gasteiger partial charge in [0, 0.05) is 17.7 Å². The fourth-order valence-corrected chi connectivity index (χ4v) is 1.48. The number of thiazole rings is 1. The molecule has 0 unspecified atom stereocenters. The normalized spacial score (nSPS) is 18.8. The first kappa shape index (κ1) is 7.36. The van der Waals surface area contributed by atoms with Gasteiger partial charge in [0.1, 0.15) is 10.8 Å². The molecule has 0 aliphatic carbocycles. The third-order valence-corrected chi connectivity index (χ3v) is 2.12. The molecular formula is C8H7N3S. The smallest absolute Gasteiger partial charge is 0.126 e. The molecular weight excluding hydrogens is 170 g/mol. The van der Waals surface area contributed by atoms with Crippen LogP contribution in [0.25, 0.3) is 6.08 Å². The Morgan fingerprint density at radius 3 is 3.00 bits per heavy atom. The highest BCUT2D eigenvalue weighted by Gasteiger charge is 2.00. The maximum Gasteiger partial charge on any atom is 0.126 e. The van der Waals surface area contributed by atoms with Crippen molar-refractivity contribution in [3.05, 3.63) is 22.3 Å². The Balaban J connectivity index is 2.27. The van der Waals surface area contributed by atoms with Crippen molar-refractivity contribution in [1.29, 1.82) is 0 Å². The van der Waals surface area contributed by atoms with E-state index in [1.165, 1.54) is 0 Å². The maximum absolute atomic E-state index is 4.19. The van der Waals surface area contributed by atoms with E-state index in [-0.39, 0.29) is 0 Å². The van der Waals surface area contributed by atoms with Crippen LogP contribution >= 0.6 is 11.3 Å². The van der Waals surface area contributed by atoms with Gasteiger partial charge in [-0.3, -0.25) is 0 Å². The van der Waals surface area contributed by atoms with Crippen molar-refractivity contribution in [2.45, 2.75) is 6.92 Å². The monoisotopic (exact) mass is 177 g/mol. The largest absolute Gasteiger partial charge is 0.245 e. The molecule has 4 heteroatoms. The van der Waals surface area contributed by atoms with Crippen LogP contribution in [0.5, 0.6) is 0 Å². The van der Waals surface area contributed by atoms with E-state index >= 15 is 0 Å². The minimum atomic E-state index is 0.804. The minimum absolute atomic E-state index is 0.804. The lowest BCUT2D eigenvalue weighted by Crippen LogP contribution is -1.75. The molecule has 2 rings (SSSR count). The molecule has 0 atom stereocenters. The van der Waals surface area contributed by atoms with Gasteiger partial charge in [0.2, 0.25) is 0 Å². The van der Waals surface area contributed by atoms with Crippen LogP contribution in [-0.4, -0.2) is 17.0 Å². The van der Waals surface area contributed by atoms with Crippen LogP contribution in [0.2, 0.25) is 0 Å². The molecule has 0 radical (unpaired) electrons. The van der Waals surface area contributed by atoms with Gasteiger partial charge < -0.3 is 0 Å². The van der Waals surface area contributed by atoms with Gasteiger partial charge in [-0.2, -0.15) is 0 Å². The van der Waals surface area contributed by atoms with Gasteiger partial charge >= 0.3 is 0 Å². The molecule has 0 spiro atoms. The highest BCUT2D eigenvalue weighted by atomic mass is 32.1. The maximum atomic E-state index is 4.19. The average molecular weight is 177 g/mol. The van der Waals surface area contributed by atoms with Crippen LogP contribution in [0.4, 0.5) is 0 Å². The summed E-state index contributed by atoms with van der Waals surface area (Å²) in [5, 5.41) is 2.91. The highest BCUT2D eigenvalue weighted by molar-refractivity contribution is 7.10. The zero-order valence-corrected chi connectivity index (χ0v) is 7.38. The quantitative estimate of drug-likeness (QED) is 0.646. The Morgan fingerprint density at radius 2 is 2.42 bits per heavy atom. The summed E-state index contributed by atoms with van der Waals surface area (Å²) in [6.07, 6.45) is 5.45. The Labute approximate surface area is 74.2 Å². The molecule has 1 aromatic rings. The first-order valence-corrected chi connectivity index (χ1v) is 4.43. The van der Waals surface area contributed by atoms with Crippen LogP contribution < -0.4 is 0 Å². The van der Waals surface area contributed by atoms with Crippen LogP contribution in [0, 0.1) is 0 Å². The van der Waals surface area contributed by atoms with E-state index in [9.17, 15) is 0 Å². The number of rotatable bonds is 1. The molecule has 0 bridgehead atoms. The first-order valence-electron chi connectivity index (χ1n) is 3.55. The molecule has 0 fully saturated rings. The number of amidine groups is 1. The van der Waals surface area contributed by atoms with Gasteiger partial charge in [-0.1, -0.05) is 0 Å². The number of nitrogens with zero attached hydrogens (tertiary/aromatic N) is 3. The zero-order chi connectivity index (χ0) is 8.39. The van der Waals surface area contributed by atoms with Gasteiger partial charge in [-0.05, 0) is 6.92 Å². The summed E-state index contributed by atoms with van der Waals surface area (Å²) in [6.45, 7) is 1.87. The molecule has 0 saturated heterocycles. The summed E-state index contributed by atoms with van der Waals surface area (Å²) in [5.41, 5.74) is 0.877. The van der Waals surface area contributed by atoms with E-state index in [2.05, 4.69) is 15.0 Å². The van der Waals surface area contributed by atoms with Gasteiger partial charge in [-0.15, -0.1) is 11.3 Å². The van der Waals surface area contributed by atoms with Crippen LogP contribution in [-0.2, 0) is 0 Å². The van der Waals surface area contributed by atoms with Crippen molar-refractivity contribution in [2.75, 3.05) is 0 Å². The lowest BCUT2D eigenvalue weighted by molar-refractivity contribution is 1.38. The second-order valence-corrected chi connectivity index (χ2v) is 3.28. The second kappa shape index (κ2) is 2.98. The third kappa shape index (κ3) is 1.48. The van der Waals surface area contributed by atoms with Crippen LogP contribution in [0.3, 0.4) is 0 Å². The average Bonchev–Trinajstić information content (AvgIpc) is 2.63. The van der Waals surface area contributed by atoms with Crippen molar-refractivity contribution >= 4 is 29.5 Å². The van der Waals surface area contributed by atoms with E-state index < -0.39 is 0 Å². The molecule has 2 heterocycles. The van der Waals surface area contributed by atoms with Gasteiger partial charge in [-0.25, -0.2) is 15.0 Å². The summed E-state index contributed by atoms with van der Waals surface area (Å²) >= 11 is 1.59. The molecule has 12 heavy (non-hydrogen) atoms. The molecule has 0 amide bonds. The fourth-order valence-electron chi connectivity index (χ4n) is 0.906. The first-order chi connectivity index (χ1) is 5.84. The summed E-state index contributed by atoms with van der Waals surface area (Å²) in [7, 11) is 0. The van der Waals surface area contributed by atoms with Gasteiger partial charge in [0.25, 0.3) is 0 Å². The van der Waals surface area contributed by atoms with Crippen molar-refractivity contribution < 1.29 is 0 Å².